The number of terminal acetylenes is 1. The second-order valence-corrected chi connectivity index (χ2v) is 4.84. The lowest BCUT2D eigenvalue weighted by Gasteiger charge is -2.33. The molecule has 0 aromatic rings. The van der Waals surface area contributed by atoms with E-state index in [-0.39, 0.29) is 0 Å². The Kier molecular flexibility index (Phi) is 17.9. The molecule has 1 atom stereocenters. The molecule has 3 nitrogen and oxygen atoms in total. The summed E-state index contributed by atoms with van der Waals surface area (Å²) < 4.78 is 5.79. The van der Waals surface area contributed by atoms with E-state index in [0.29, 0.717) is 6.10 Å². The number of ether oxygens (including phenoxy) is 1. The van der Waals surface area contributed by atoms with E-state index in [1.54, 1.807) is 6.92 Å². The number of likely N-dealkylation sites (N-methyl/N-ethyl adjacent to an activating group) is 1. The molecule has 0 spiro atoms. The van der Waals surface area contributed by atoms with Crippen LogP contribution in [0.1, 0.15) is 47.5 Å². The molecular weight excluding hydrogens is 248 g/mol. The predicted octanol–water partition coefficient (Wildman–Crippen LogP) is 3.10. The largest absolute Gasteiger partial charge is 0.374 e. The minimum Gasteiger partial charge on any atom is -0.374 e. The van der Waals surface area contributed by atoms with Crippen LogP contribution in [0.15, 0.2) is 0 Å². The molecule has 0 saturated carbocycles. The Bertz CT molecular complexity index is 217. The first-order valence-corrected chi connectivity index (χ1v) is 8.07. The fraction of sp³-hybridized carbons (Fsp3) is 0.882. The molecule has 0 aromatic carbocycles. The van der Waals surface area contributed by atoms with Gasteiger partial charge in [0, 0.05) is 19.6 Å². The lowest BCUT2D eigenvalue weighted by molar-refractivity contribution is -0.0355. The van der Waals surface area contributed by atoms with Crippen LogP contribution in [0.5, 0.6) is 0 Å². The van der Waals surface area contributed by atoms with Crippen molar-refractivity contribution < 1.29 is 4.74 Å². The van der Waals surface area contributed by atoms with Gasteiger partial charge in [0.1, 0.15) is 0 Å². The van der Waals surface area contributed by atoms with Gasteiger partial charge in [0.2, 0.25) is 0 Å². The standard InChI is InChI=1S/C12H26N2O.C3H4.C2H6/c1-4-6-14(7-5-2)11-12-10-13(3)8-9-15-12;1-3-2;1-2/h12H,4-11H2,1-3H3;1H,2H3;1-2H3. The molecule has 0 aliphatic carbocycles. The van der Waals surface area contributed by atoms with Crippen LogP contribution in [-0.2, 0) is 4.74 Å². The highest BCUT2D eigenvalue weighted by Crippen LogP contribution is 2.06. The Morgan fingerprint density at radius 2 is 1.75 bits per heavy atom. The van der Waals surface area contributed by atoms with Crippen LogP contribution in [0.4, 0.5) is 0 Å². The fourth-order valence-corrected chi connectivity index (χ4v) is 2.19. The molecule has 0 aromatic heterocycles. The average molecular weight is 284 g/mol. The fourth-order valence-electron chi connectivity index (χ4n) is 2.19. The van der Waals surface area contributed by atoms with E-state index in [4.69, 9.17) is 4.74 Å². The highest BCUT2D eigenvalue weighted by Gasteiger charge is 2.19. The van der Waals surface area contributed by atoms with Crippen LogP contribution in [-0.4, -0.2) is 62.3 Å². The maximum atomic E-state index is 5.79. The zero-order valence-electron chi connectivity index (χ0n) is 14.6. The molecule has 0 N–H and O–H groups in total. The van der Waals surface area contributed by atoms with Crippen molar-refractivity contribution in [3.05, 3.63) is 0 Å². The summed E-state index contributed by atoms with van der Waals surface area (Å²) in [6.07, 6.45) is 7.49. The third-order valence-corrected chi connectivity index (χ3v) is 2.88. The lowest BCUT2D eigenvalue weighted by Crippen LogP contribution is -2.46. The maximum absolute atomic E-state index is 5.79. The summed E-state index contributed by atoms with van der Waals surface area (Å²) in [7, 11) is 2.18. The van der Waals surface area contributed by atoms with E-state index in [1.807, 2.05) is 13.8 Å². The zero-order chi connectivity index (χ0) is 15.8. The third kappa shape index (κ3) is 12.5. The minimum absolute atomic E-state index is 0.418. The summed E-state index contributed by atoms with van der Waals surface area (Å²) in [5, 5.41) is 0. The van der Waals surface area contributed by atoms with Gasteiger partial charge in [0.05, 0.1) is 12.7 Å². The van der Waals surface area contributed by atoms with Gasteiger partial charge in [0.15, 0.2) is 0 Å². The molecule has 1 aliphatic rings. The molecule has 3 heteroatoms. The molecule has 0 bridgehead atoms. The number of rotatable bonds is 6. The summed E-state index contributed by atoms with van der Waals surface area (Å²) in [6.45, 7) is 16.7. The number of morpholine rings is 1. The Labute approximate surface area is 127 Å². The van der Waals surface area contributed by atoms with Crippen LogP contribution < -0.4 is 0 Å². The van der Waals surface area contributed by atoms with Crippen molar-refractivity contribution in [2.24, 2.45) is 0 Å². The second-order valence-electron chi connectivity index (χ2n) is 4.84. The molecule has 1 rings (SSSR count). The Morgan fingerprint density at radius 3 is 2.15 bits per heavy atom. The molecule has 1 aliphatic heterocycles. The summed E-state index contributed by atoms with van der Waals surface area (Å²) in [5.74, 6) is 2.25. The van der Waals surface area contributed by atoms with Crippen LogP contribution >= 0.6 is 0 Å². The van der Waals surface area contributed by atoms with Crippen LogP contribution in [0, 0.1) is 12.3 Å². The number of hydrogen-bond acceptors (Lipinski definition) is 3. The second kappa shape index (κ2) is 16.5. The van der Waals surface area contributed by atoms with Gasteiger partial charge in [0.25, 0.3) is 0 Å². The van der Waals surface area contributed by atoms with Gasteiger partial charge in [-0.1, -0.05) is 27.7 Å². The van der Waals surface area contributed by atoms with E-state index in [2.05, 4.69) is 43.0 Å². The molecule has 1 unspecified atom stereocenters. The lowest BCUT2D eigenvalue weighted by atomic mass is 10.2. The van der Waals surface area contributed by atoms with E-state index < -0.39 is 0 Å². The van der Waals surface area contributed by atoms with Crippen LogP contribution in [0.2, 0.25) is 0 Å². The molecule has 1 saturated heterocycles. The topological polar surface area (TPSA) is 15.7 Å². The van der Waals surface area contributed by atoms with Gasteiger partial charge in [-0.15, -0.1) is 12.3 Å². The molecular formula is C17H36N2O. The third-order valence-electron chi connectivity index (χ3n) is 2.88. The first kappa shape index (κ1) is 21.7. The number of nitrogens with zero attached hydrogens (tertiary/aromatic N) is 2. The van der Waals surface area contributed by atoms with Crippen molar-refractivity contribution in [3.63, 3.8) is 0 Å². The molecule has 0 radical (unpaired) electrons. The monoisotopic (exact) mass is 284 g/mol. The average Bonchev–Trinajstić information content (AvgIpc) is 2.42. The van der Waals surface area contributed by atoms with Gasteiger partial charge >= 0.3 is 0 Å². The normalized spacial score (nSPS) is 18.4. The van der Waals surface area contributed by atoms with Crippen molar-refractivity contribution in [2.75, 3.05) is 46.4 Å². The molecule has 1 heterocycles. The van der Waals surface area contributed by atoms with E-state index >= 15 is 0 Å². The maximum Gasteiger partial charge on any atom is 0.0829 e. The summed E-state index contributed by atoms with van der Waals surface area (Å²) in [6, 6.07) is 0. The van der Waals surface area contributed by atoms with E-state index in [1.165, 1.54) is 25.9 Å². The van der Waals surface area contributed by atoms with Crippen molar-refractivity contribution >= 4 is 0 Å². The van der Waals surface area contributed by atoms with Gasteiger partial charge in [-0.3, -0.25) is 0 Å². The van der Waals surface area contributed by atoms with E-state index in [9.17, 15) is 0 Å². The van der Waals surface area contributed by atoms with Crippen molar-refractivity contribution in [1.82, 2.24) is 9.80 Å². The van der Waals surface area contributed by atoms with Crippen molar-refractivity contribution in [2.45, 2.75) is 53.6 Å². The van der Waals surface area contributed by atoms with Gasteiger partial charge in [-0.2, -0.15) is 0 Å². The first-order valence-electron chi connectivity index (χ1n) is 8.07. The Balaban J connectivity index is 0. The molecule has 1 fully saturated rings. The molecule has 0 amide bonds. The van der Waals surface area contributed by atoms with Crippen molar-refractivity contribution in [1.29, 1.82) is 0 Å². The zero-order valence-corrected chi connectivity index (χ0v) is 14.6. The summed E-state index contributed by atoms with van der Waals surface area (Å²) in [4.78, 5) is 4.90. The van der Waals surface area contributed by atoms with Crippen LogP contribution in [0.25, 0.3) is 0 Å². The summed E-state index contributed by atoms with van der Waals surface area (Å²) >= 11 is 0. The van der Waals surface area contributed by atoms with Gasteiger partial charge in [-0.25, -0.2) is 0 Å². The number of hydrogen-bond donors (Lipinski definition) is 0. The quantitative estimate of drug-likeness (QED) is 0.697. The highest BCUT2D eigenvalue weighted by atomic mass is 16.5. The Hall–Kier alpha value is -0.560. The summed E-state index contributed by atoms with van der Waals surface area (Å²) in [5.41, 5.74) is 0. The van der Waals surface area contributed by atoms with Gasteiger partial charge < -0.3 is 14.5 Å². The SMILES string of the molecule is C#CC.CC.CCCN(CCC)CC1CN(C)CCO1. The van der Waals surface area contributed by atoms with Gasteiger partial charge in [-0.05, 0) is 39.9 Å². The molecule has 120 valence electrons. The molecule has 20 heavy (non-hydrogen) atoms. The van der Waals surface area contributed by atoms with Crippen molar-refractivity contribution in [3.8, 4) is 12.3 Å². The first-order chi connectivity index (χ1) is 9.67. The van der Waals surface area contributed by atoms with E-state index in [0.717, 1.165) is 26.2 Å². The smallest absolute Gasteiger partial charge is 0.0829 e. The van der Waals surface area contributed by atoms with Crippen LogP contribution in [0.3, 0.4) is 0 Å². The Morgan fingerprint density at radius 1 is 1.25 bits per heavy atom. The minimum atomic E-state index is 0.418. The highest BCUT2D eigenvalue weighted by molar-refractivity contribution is 4.74. The predicted molar refractivity (Wildman–Crippen MR) is 90.1 cm³/mol.